The quantitative estimate of drug-likeness (QED) is 0.819. The topological polar surface area (TPSA) is 62.0 Å². The number of hydrogen-bond donors (Lipinski definition) is 2. The van der Waals surface area contributed by atoms with Crippen LogP contribution in [-0.2, 0) is 0 Å². The highest BCUT2D eigenvalue weighted by molar-refractivity contribution is 5.94. The summed E-state index contributed by atoms with van der Waals surface area (Å²) in [5.74, 6) is -0.296. The van der Waals surface area contributed by atoms with Crippen molar-refractivity contribution in [2.45, 2.75) is 39.5 Å². The van der Waals surface area contributed by atoms with Gasteiger partial charge in [0.05, 0.1) is 0 Å². The summed E-state index contributed by atoms with van der Waals surface area (Å²) in [5, 5.41) is 2.83. The zero-order valence-electron chi connectivity index (χ0n) is 11.5. The van der Waals surface area contributed by atoms with Crippen molar-refractivity contribution in [3.8, 4) is 0 Å². The lowest BCUT2D eigenvalue weighted by atomic mass is 9.99. The molecule has 1 aliphatic rings. The van der Waals surface area contributed by atoms with Crippen LogP contribution in [-0.4, -0.2) is 17.4 Å². The summed E-state index contributed by atoms with van der Waals surface area (Å²) in [6.07, 6.45) is 6.74. The van der Waals surface area contributed by atoms with Crippen molar-refractivity contribution in [1.82, 2.24) is 10.3 Å². The molecule has 2 rings (SSSR count). The fourth-order valence-corrected chi connectivity index (χ4v) is 2.25. The number of amides is 1. The Morgan fingerprint density at radius 1 is 1.37 bits per heavy atom. The van der Waals surface area contributed by atoms with Gasteiger partial charge in [0.15, 0.2) is 0 Å². The molecular formula is C15H20N2O2. The van der Waals surface area contributed by atoms with Crippen LogP contribution in [0.2, 0.25) is 0 Å². The van der Waals surface area contributed by atoms with E-state index in [2.05, 4.69) is 16.4 Å². The van der Waals surface area contributed by atoms with Gasteiger partial charge in [-0.3, -0.25) is 9.59 Å². The van der Waals surface area contributed by atoms with Crippen molar-refractivity contribution in [1.29, 1.82) is 0 Å². The molecular weight excluding hydrogens is 240 g/mol. The molecule has 0 spiro atoms. The standard InChI is InChI=1S/C15H20N2O2/c1-10-8-13(15(19)17-11(10)2)14(18)16-9-12-6-4-3-5-7-12/h6,8H,3-5,7,9H2,1-2H3,(H,16,18)(H,17,19). The largest absolute Gasteiger partial charge is 0.348 e. The second kappa shape index (κ2) is 5.87. The van der Waals surface area contributed by atoms with Gasteiger partial charge in [-0.15, -0.1) is 0 Å². The van der Waals surface area contributed by atoms with E-state index in [1.807, 2.05) is 13.8 Å². The number of aromatic amines is 1. The first-order valence-corrected chi connectivity index (χ1v) is 6.74. The molecule has 1 aromatic heterocycles. The average Bonchev–Trinajstić information content (AvgIpc) is 2.41. The number of aryl methyl sites for hydroxylation is 2. The highest BCUT2D eigenvalue weighted by Crippen LogP contribution is 2.16. The van der Waals surface area contributed by atoms with Crippen molar-refractivity contribution >= 4 is 5.91 Å². The van der Waals surface area contributed by atoms with E-state index in [-0.39, 0.29) is 17.0 Å². The molecule has 4 nitrogen and oxygen atoms in total. The summed E-state index contributed by atoms with van der Waals surface area (Å²) in [6, 6.07) is 1.65. The zero-order chi connectivity index (χ0) is 13.8. The van der Waals surface area contributed by atoms with Crippen LogP contribution < -0.4 is 10.9 Å². The molecule has 19 heavy (non-hydrogen) atoms. The number of carbonyl (C=O) groups is 1. The van der Waals surface area contributed by atoms with Gasteiger partial charge >= 0.3 is 0 Å². The molecule has 0 radical (unpaired) electrons. The Kier molecular flexibility index (Phi) is 4.20. The molecule has 102 valence electrons. The van der Waals surface area contributed by atoms with E-state index in [1.165, 1.54) is 18.4 Å². The maximum Gasteiger partial charge on any atom is 0.261 e. The number of hydrogen-bond acceptors (Lipinski definition) is 2. The Morgan fingerprint density at radius 3 is 2.84 bits per heavy atom. The van der Waals surface area contributed by atoms with E-state index in [4.69, 9.17) is 0 Å². The Balaban J connectivity index is 2.06. The molecule has 1 amide bonds. The number of H-pyrrole nitrogens is 1. The summed E-state index contributed by atoms with van der Waals surface area (Å²) in [7, 11) is 0. The minimum Gasteiger partial charge on any atom is -0.348 e. The lowest BCUT2D eigenvalue weighted by Gasteiger charge is -2.13. The first kappa shape index (κ1) is 13.6. The predicted molar refractivity (Wildman–Crippen MR) is 75.4 cm³/mol. The maximum absolute atomic E-state index is 12.0. The van der Waals surface area contributed by atoms with Gasteiger partial charge in [0.25, 0.3) is 11.5 Å². The highest BCUT2D eigenvalue weighted by atomic mass is 16.2. The summed E-state index contributed by atoms with van der Waals surface area (Å²) in [6.45, 7) is 4.25. The number of allylic oxidation sites excluding steroid dienone is 1. The molecule has 0 fully saturated rings. The first-order valence-electron chi connectivity index (χ1n) is 6.74. The molecule has 0 bridgehead atoms. The molecule has 2 N–H and O–H groups in total. The Bertz CT molecular complexity index is 570. The van der Waals surface area contributed by atoms with E-state index in [0.717, 1.165) is 24.1 Å². The van der Waals surface area contributed by atoms with Crippen LogP contribution in [0.25, 0.3) is 0 Å². The molecule has 1 aliphatic carbocycles. The minimum absolute atomic E-state index is 0.194. The summed E-state index contributed by atoms with van der Waals surface area (Å²) >= 11 is 0. The normalized spacial score (nSPS) is 14.9. The van der Waals surface area contributed by atoms with Crippen LogP contribution in [0.15, 0.2) is 22.5 Å². The number of carbonyl (C=O) groups excluding carboxylic acids is 1. The third kappa shape index (κ3) is 3.34. The number of rotatable bonds is 3. The van der Waals surface area contributed by atoms with E-state index >= 15 is 0 Å². The predicted octanol–water partition coefficient (Wildman–Crippen LogP) is 2.22. The van der Waals surface area contributed by atoms with Crippen LogP contribution in [0.5, 0.6) is 0 Å². The van der Waals surface area contributed by atoms with E-state index in [1.54, 1.807) is 6.07 Å². The van der Waals surface area contributed by atoms with Crippen LogP contribution in [0, 0.1) is 13.8 Å². The Labute approximate surface area is 112 Å². The second-order valence-electron chi connectivity index (χ2n) is 5.11. The van der Waals surface area contributed by atoms with Gasteiger partial charge in [-0.25, -0.2) is 0 Å². The third-order valence-electron chi connectivity index (χ3n) is 3.60. The van der Waals surface area contributed by atoms with Crippen LogP contribution >= 0.6 is 0 Å². The van der Waals surface area contributed by atoms with Crippen molar-refractivity contribution in [2.24, 2.45) is 0 Å². The summed E-state index contributed by atoms with van der Waals surface area (Å²) < 4.78 is 0. The Morgan fingerprint density at radius 2 is 2.16 bits per heavy atom. The van der Waals surface area contributed by atoms with Gasteiger partial charge in [-0.1, -0.05) is 11.6 Å². The molecule has 0 atom stereocenters. The molecule has 1 heterocycles. The molecule has 4 heteroatoms. The number of nitrogens with one attached hydrogen (secondary N) is 2. The van der Waals surface area contributed by atoms with Gasteiger partial charge in [-0.05, 0) is 51.2 Å². The van der Waals surface area contributed by atoms with Gasteiger partial charge in [0, 0.05) is 12.2 Å². The molecule has 0 unspecified atom stereocenters. The van der Waals surface area contributed by atoms with E-state index < -0.39 is 0 Å². The Hall–Kier alpha value is -1.84. The van der Waals surface area contributed by atoms with Gasteiger partial charge < -0.3 is 10.3 Å². The lowest BCUT2D eigenvalue weighted by Crippen LogP contribution is -2.31. The van der Waals surface area contributed by atoms with Crippen molar-refractivity contribution in [3.63, 3.8) is 0 Å². The van der Waals surface area contributed by atoms with E-state index in [9.17, 15) is 9.59 Å². The van der Waals surface area contributed by atoms with E-state index in [0.29, 0.717) is 6.54 Å². The van der Waals surface area contributed by atoms with Crippen LogP contribution in [0.1, 0.15) is 47.3 Å². The molecule has 0 saturated heterocycles. The molecule has 1 aromatic rings. The van der Waals surface area contributed by atoms with Crippen molar-refractivity contribution in [3.05, 3.63) is 44.9 Å². The zero-order valence-corrected chi connectivity index (χ0v) is 11.5. The minimum atomic E-state index is -0.321. The average molecular weight is 260 g/mol. The first-order chi connectivity index (χ1) is 9.08. The van der Waals surface area contributed by atoms with Crippen LogP contribution in [0.3, 0.4) is 0 Å². The van der Waals surface area contributed by atoms with Gasteiger partial charge in [-0.2, -0.15) is 0 Å². The summed E-state index contributed by atoms with van der Waals surface area (Å²) in [4.78, 5) is 26.5. The number of pyridine rings is 1. The van der Waals surface area contributed by atoms with Crippen molar-refractivity contribution in [2.75, 3.05) is 6.54 Å². The monoisotopic (exact) mass is 260 g/mol. The fraction of sp³-hybridized carbons (Fsp3) is 0.467. The van der Waals surface area contributed by atoms with Crippen molar-refractivity contribution < 1.29 is 4.79 Å². The maximum atomic E-state index is 12.0. The second-order valence-corrected chi connectivity index (χ2v) is 5.11. The third-order valence-corrected chi connectivity index (χ3v) is 3.60. The highest BCUT2D eigenvalue weighted by Gasteiger charge is 2.12. The lowest BCUT2D eigenvalue weighted by molar-refractivity contribution is 0.0955. The molecule has 0 aromatic carbocycles. The van der Waals surface area contributed by atoms with Gasteiger partial charge in [0.2, 0.25) is 0 Å². The molecule has 0 aliphatic heterocycles. The smallest absolute Gasteiger partial charge is 0.261 e. The SMILES string of the molecule is Cc1cc(C(=O)NCC2=CCCCC2)c(=O)[nH]c1C. The fourth-order valence-electron chi connectivity index (χ4n) is 2.25. The van der Waals surface area contributed by atoms with Gasteiger partial charge in [0.1, 0.15) is 5.56 Å². The van der Waals surface area contributed by atoms with Crippen LogP contribution in [0.4, 0.5) is 0 Å². The molecule has 0 saturated carbocycles. The summed E-state index contributed by atoms with van der Waals surface area (Å²) in [5.41, 5.74) is 2.86. The number of aromatic nitrogens is 1.